The number of nitrogens with two attached hydrogens (primary N) is 1. The Balaban J connectivity index is 2.53. The van der Waals surface area contributed by atoms with Crippen LogP contribution in [-0.2, 0) is 4.79 Å². The van der Waals surface area contributed by atoms with Gasteiger partial charge in [-0.3, -0.25) is 4.79 Å². The van der Waals surface area contributed by atoms with Gasteiger partial charge < -0.3 is 11.1 Å². The summed E-state index contributed by atoms with van der Waals surface area (Å²) in [5, 5.41) is 2.89. The molecule has 0 aliphatic rings. The first-order valence-electron chi connectivity index (χ1n) is 6.93. The lowest BCUT2D eigenvalue weighted by Crippen LogP contribution is -2.17. The number of halogens is 1. The van der Waals surface area contributed by atoms with Gasteiger partial charge in [0.1, 0.15) is 4.99 Å². The molecule has 0 saturated heterocycles. The summed E-state index contributed by atoms with van der Waals surface area (Å²) < 4.78 is 0.885. The molecule has 0 radical (unpaired) electrons. The SMILES string of the molecule is CCCCCCCC(=O)Nc1cc(Br)ccc1C(N)=S. The molecule has 3 N–H and O–H groups in total. The number of carbonyl (C=O) groups excluding carboxylic acids is 1. The molecule has 20 heavy (non-hydrogen) atoms. The van der Waals surface area contributed by atoms with E-state index in [0.717, 1.165) is 17.3 Å². The van der Waals surface area contributed by atoms with Crippen LogP contribution in [0.5, 0.6) is 0 Å². The smallest absolute Gasteiger partial charge is 0.224 e. The molecule has 0 aliphatic heterocycles. The molecule has 0 atom stereocenters. The summed E-state index contributed by atoms with van der Waals surface area (Å²) in [5.74, 6) is 0.0112. The maximum absolute atomic E-state index is 11.9. The third kappa shape index (κ3) is 6.01. The topological polar surface area (TPSA) is 55.1 Å². The van der Waals surface area contributed by atoms with Crippen molar-refractivity contribution in [3.63, 3.8) is 0 Å². The van der Waals surface area contributed by atoms with Gasteiger partial charge in [-0.2, -0.15) is 0 Å². The van der Waals surface area contributed by atoms with E-state index in [2.05, 4.69) is 28.2 Å². The van der Waals surface area contributed by atoms with Crippen LogP contribution in [0.3, 0.4) is 0 Å². The fourth-order valence-electron chi connectivity index (χ4n) is 1.94. The third-order valence-electron chi connectivity index (χ3n) is 3.03. The number of unbranched alkanes of at least 4 members (excludes halogenated alkanes) is 4. The van der Waals surface area contributed by atoms with Gasteiger partial charge in [0.05, 0.1) is 5.69 Å². The summed E-state index contributed by atoms with van der Waals surface area (Å²) in [4.78, 5) is 12.2. The number of nitrogens with one attached hydrogen (secondary N) is 1. The lowest BCUT2D eigenvalue weighted by molar-refractivity contribution is -0.116. The van der Waals surface area contributed by atoms with Gasteiger partial charge in [0, 0.05) is 16.5 Å². The highest BCUT2D eigenvalue weighted by atomic mass is 79.9. The number of hydrogen-bond acceptors (Lipinski definition) is 2. The molecule has 5 heteroatoms. The average molecular weight is 357 g/mol. The fourth-order valence-corrected chi connectivity index (χ4v) is 2.48. The number of anilines is 1. The Morgan fingerprint density at radius 2 is 2.00 bits per heavy atom. The molecule has 0 spiro atoms. The lowest BCUT2D eigenvalue weighted by atomic mass is 10.1. The van der Waals surface area contributed by atoms with E-state index in [9.17, 15) is 4.79 Å². The highest BCUT2D eigenvalue weighted by Gasteiger charge is 2.09. The molecule has 3 nitrogen and oxygen atoms in total. The number of benzene rings is 1. The minimum atomic E-state index is 0.0112. The Morgan fingerprint density at radius 1 is 1.30 bits per heavy atom. The van der Waals surface area contributed by atoms with E-state index in [-0.39, 0.29) is 10.9 Å². The standard InChI is InChI=1S/C15H21BrN2OS/c1-2-3-4-5-6-7-14(19)18-13-10-11(16)8-9-12(13)15(17)20/h8-10H,2-7H2,1H3,(H2,17,20)(H,18,19). The lowest BCUT2D eigenvalue weighted by Gasteiger charge is -2.10. The second kappa shape index (κ2) is 9.08. The summed E-state index contributed by atoms with van der Waals surface area (Å²) in [5.41, 5.74) is 7.03. The summed E-state index contributed by atoms with van der Waals surface area (Å²) >= 11 is 8.37. The van der Waals surface area contributed by atoms with Gasteiger partial charge in [-0.05, 0) is 24.6 Å². The largest absolute Gasteiger partial charge is 0.389 e. The van der Waals surface area contributed by atoms with Crippen molar-refractivity contribution >= 4 is 44.7 Å². The van der Waals surface area contributed by atoms with Crippen LogP contribution in [0.4, 0.5) is 5.69 Å². The molecule has 1 amide bonds. The van der Waals surface area contributed by atoms with E-state index in [1.54, 1.807) is 0 Å². The molecule has 1 aromatic carbocycles. The van der Waals surface area contributed by atoms with E-state index in [1.807, 2.05) is 18.2 Å². The third-order valence-corrected chi connectivity index (χ3v) is 3.74. The van der Waals surface area contributed by atoms with E-state index in [1.165, 1.54) is 19.3 Å². The van der Waals surface area contributed by atoms with E-state index >= 15 is 0 Å². The molecular weight excluding hydrogens is 336 g/mol. The van der Waals surface area contributed by atoms with Crippen molar-refractivity contribution in [1.82, 2.24) is 0 Å². The summed E-state index contributed by atoms with van der Waals surface area (Å²) in [6.45, 7) is 2.18. The zero-order chi connectivity index (χ0) is 15.0. The number of hydrogen-bond donors (Lipinski definition) is 2. The molecule has 0 heterocycles. The molecular formula is C15H21BrN2OS. The van der Waals surface area contributed by atoms with Gasteiger partial charge in [0.2, 0.25) is 5.91 Å². The second-order valence-electron chi connectivity index (χ2n) is 4.77. The van der Waals surface area contributed by atoms with Crippen molar-refractivity contribution in [2.45, 2.75) is 45.4 Å². The van der Waals surface area contributed by atoms with Gasteiger partial charge in [-0.1, -0.05) is 60.8 Å². The number of carbonyl (C=O) groups is 1. The molecule has 0 bridgehead atoms. The molecule has 0 aromatic heterocycles. The maximum Gasteiger partial charge on any atom is 0.224 e. The van der Waals surface area contributed by atoms with Crippen LogP contribution in [0.25, 0.3) is 0 Å². The van der Waals surface area contributed by atoms with Crippen LogP contribution in [0.15, 0.2) is 22.7 Å². The van der Waals surface area contributed by atoms with E-state index in [0.29, 0.717) is 17.7 Å². The van der Waals surface area contributed by atoms with Crippen LogP contribution >= 0.6 is 28.1 Å². The molecule has 1 aromatic rings. The summed E-state index contributed by atoms with van der Waals surface area (Å²) in [7, 11) is 0. The Labute approximate surface area is 134 Å². The number of thiocarbonyl (C=S) groups is 1. The molecule has 0 aliphatic carbocycles. The second-order valence-corrected chi connectivity index (χ2v) is 6.12. The molecule has 1 rings (SSSR count). The van der Waals surface area contributed by atoms with Crippen molar-refractivity contribution in [2.75, 3.05) is 5.32 Å². The molecule has 110 valence electrons. The summed E-state index contributed by atoms with van der Waals surface area (Å²) in [6.07, 6.45) is 6.19. The highest BCUT2D eigenvalue weighted by Crippen LogP contribution is 2.22. The molecule has 0 unspecified atom stereocenters. The van der Waals surface area contributed by atoms with Crippen LogP contribution < -0.4 is 11.1 Å². The normalized spacial score (nSPS) is 10.3. The Kier molecular flexibility index (Phi) is 7.77. The van der Waals surface area contributed by atoms with Gasteiger partial charge in [-0.15, -0.1) is 0 Å². The summed E-state index contributed by atoms with van der Waals surface area (Å²) in [6, 6.07) is 5.49. The van der Waals surface area contributed by atoms with E-state index < -0.39 is 0 Å². The zero-order valence-corrected chi connectivity index (χ0v) is 14.1. The quantitative estimate of drug-likeness (QED) is 0.536. The maximum atomic E-state index is 11.9. The number of rotatable bonds is 8. The van der Waals surface area contributed by atoms with E-state index in [4.69, 9.17) is 18.0 Å². The first kappa shape index (κ1) is 17.1. The molecule has 0 saturated carbocycles. The average Bonchev–Trinajstić information content (AvgIpc) is 2.38. The van der Waals surface area contributed by atoms with Crippen LogP contribution in [0.2, 0.25) is 0 Å². The Bertz CT molecular complexity index is 477. The first-order valence-corrected chi connectivity index (χ1v) is 8.14. The van der Waals surface area contributed by atoms with Crippen molar-refractivity contribution in [3.8, 4) is 0 Å². The fraction of sp³-hybridized carbons (Fsp3) is 0.467. The van der Waals surface area contributed by atoms with Gasteiger partial charge >= 0.3 is 0 Å². The van der Waals surface area contributed by atoms with Crippen molar-refractivity contribution < 1.29 is 4.79 Å². The van der Waals surface area contributed by atoms with Crippen LogP contribution in [-0.4, -0.2) is 10.9 Å². The van der Waals surface area contributed by atoms with Crippen molar-refractivity contribution in [3.05, 3.63) is 28.2 Å². The van der Waals surface area contributed by atoms with Gasteiger partial charge in [0.25, 0.3) is 0 Å². The minimum absolute atomic E-state index is 0.0112. The zero-order valence-electron chi connectivity index (χ0n) is 11.7. The van der Waals surface area contributed by atoms with Crippen molar-refractivity contribution in [2.24, 2.45) is 5.73 Å². The van der Waals surface area contributed by atoms with Crippen LogP contribution in [0.1, 0.15) is 51.0 Å². The monoisotopic (exact) mass is 356 g/mol. The molecule has 0 fully saturated rings. The predicted octanol–water partition coefficient (Wildman–Crippen LogP) is 4.38. The minimum Gasteiger partial charge on any atom is -0.389 e. The van der Waals surface area contributed by atoms with Crippen LogP contribution in [0, 0.1) is 0 Å². The first-order chi connectivity index (χ1) is 9.54. The highest BCUT2D eigenvalue weighted by molar-refractivity contribution is 9.10. The van der Waals surface area contributed by atoms with Gasteiger partial charge in [0.15, 0.2) is 0 Å². The van der Waals surface area contributed by atoms with Gasteiger partial charge in [-0.25, -0.2) is 0 Å². The predicted molar refractivity (Wildman–Crippen MR) is 92.0 cm³/mol. The van der Waals surface area contributed by atoms with Crippen molar-refractivity contribution in [1.29, 1.82) is 0 Å². The Morgan fingerprint density at radius 3 is 2.65 bits per heavy atom. The Hall–Kier alpha value is -0.940. The number of amides is 1.